The van der Waals surface area contributed by atoms with Gasteiger partial charge in [0.05, 0.1) is 0 Å². The van der Waals surface area contributed by atoms with Crippen LogP contribution in [0.3, 0.4) is 0 Å². The Kier molecular flexibility index (Phi) is 53.3. The van der Waals surface area contributed by atoms with Crippen molar-refractivity contribution in [3.05, 3.63) is 60.8 Å². The van der Waals surface area contributed by atoms with E-state index in [-0.39, 0.29) is 31.1 Å². The molecular weight excluding hydrogens is 829 g/mol. The maximum Gasteiger partial charge on any atom is 0.306 e. The van der Waals surface area contributed by atoms with E-state index in [4.69, 9.17) is 14.2 Å². The molecule has 0 radical (unpaired) electrons. The summed E-state index contributed by atoms with van der Waals surface area (Å²) < 4.78 is 16.8. The van der Waals surface area contributed by atoms with Crippen molar-refractivity contribution in [3.63, 3.8) is 0 Å². The van der Waals surface area contributed by atoms with Gasteiger partial charge in [0.1, 0.15) is 13.2 Å². The van der Waals surface area contributed by atoms with Crippen LogP contribution in [0.2, 0.25) is 0 Å². The number of ether oxygens (including phenoxy) is 3. The highest BCUT2D eigenvalue weighted by Crippen LogP contribution is 2.16. The van der Waals surface area contributed by atoms with Gasteiger partial charge in [0, 0.05) is 19.3 Å². The van der Waals surface area contributed by atoms with Crippen LogP contribution < -0.4 is 0 Å². The Bertz CT molecular complexity index is 1210. The lowest BCUT2D eigenvalue weighted by Crippen LogP contribution is -2.30. The minimum atomic E-state index is -0.784. The van der Waals surface area contributed by atoms with E-state index in [1.54, 1.807) is 0 Å². The predicted octanol–water partition coefficient (Wildman–Crippen LogP) is 19.2. The first kappa shape index (κ1) is 64.1. The molecule has 0 saturated heterocycles. The number of allylic oxidation sites excluding steroid dienone is 10. The highest BCUT2D eigenvalue weighted by atomic mass is 16.6. The van der Waals surface area contributed by atoms with Gasteiger partial charge in [0.15, 0.2) is 6.10 Å². The van der Waals surface area contributed by atoms with Crippen LogP contribution in [0.25, 0.3) is 0 Å². The van der Waals surface area contributed by atoms with E-state index in [9.17, 15) is 14.4 Å². The minimum Gasteiger partial charge on any atom is -0.462 e. The number of rotatable bonds is 52. The Balaban J connectivity index is 4.38. The molecule has 0 bridgehead atoms. The summed E-state index contributed by atoms with van der Waals surface area (Å²) in [6.07, 6.45) is 69.2. The number of hydrogen-bond donors (Lipinski definition) is 0. The van der Waals surface area contributed by atoms with Gasteiger partial charge < -0.3 is 14.2 Å². The van der Waals surface area contributed by atoms with Crippen molar-refractivity contribution in [2.45, 2.75) is 297 Å². The van der Waals surface area contributed by atoms with E-state index >= 15 is 0 Å². The molecule has 0 saturated carbocycles. The summed E-state index contributed by atoms with van der Waals surface area (Å²) in [6.45, 7) is 6.53. The molecule has 6 nitrogen and oxygen atoms in total. The molecule has 0 amide bonds. The highest BCUT2D eigenvalue weighted by Gasteiger charge is 2.19. The van der Waals surface area contributed by atoms with E-state index in [1.807, 2.05) is 0 Å². The monoisotopic (exact) mass is 937 g/mol. The summed E-state index contributed by atoms with van der Waals surface area (Å²) in [5, 5.41) is 0. The van der Waals surface area contributed by atoms with Crippen molar-refractivity contribution >= 4 is 17.9 Å². The van der Waals surface area contributed by atoms with Gasteiger partial charge in [-0.1, -0.05) is 268 Å². The van der Waals surface area contributed by atoms with Crippen molar-refractivity contribution in [3.8, 4) is 0 Å². The molecule has 388 valence electrons. The third-order valence-corrected chi connectivity index (χ3v) is 12.5. The Morgan fingerprint density at radius 1 is 0.313 bits per heavy atom. The van der Waals surface area contributed by atoms with Crippen molar-refractivity contribution < 1.29 is 28.6 Å². The number of carbonyl (C=O) groups is 3. The van der Waals surface area contributed by atoms with Crippen LogP contribution >= 0.6 is 0 Å². The molecule has 0 heterocycles. The average Bonchev–Trinajstić information content (AvgIpc) is 3.33. The van der Waals surface area contributed by atoms with E-state index in [1.165, 1.54) is 154 Å². The molecule has 0 aromatic carbocycles. The normalized spacial score (nSPS) is 12.5. The van der Waals surface area contributed by atoms with E-state index in [0.717, 1.165) is 96.3 Å². The van der Waals surface area contributed by atoms with Crippen LogP contribution in [-0.2, 0) is 28.6 Å². The summed E-state index contributed by atoms with van der Waals surface area (Å²) in [5.41, 5.74) is 0. The van der Waals surface area contributed by atoms with Gasteiger partial charge >= 0.3 is 17.9 Å². The summed E-state index contributed by atoms with van der Waals surface area (Å²) in [5.74, 6) is -0.900. The van der Waals surface area contributed by atoms with Crippen LogP contribution in [0.15, 0.2) is 60.8 Å². The first-order valence-electron chi connectivity index (χ1n) is 28.8. The van der Waals surface area contributed by atoms with Crippen molar-refractivity contribution in [2.24, 2.45) is 0 Å². The summed E-state index contributed by atoms with van der Waals surface area (Å²) in [7, 11) is 0. The largest absolute Gasteiger partial charge is 0.462 e. The highest BCUT2D eigenvalue weighted by molar-refractivity contribution is 5.71. The molecular formula is C61H108O6. The van der Waals surface area contributed by atoms with Gasteiger partial charge in [-0.25, -0.2) is 0 Å². The molecule has 0 aliphatic heterocycles. The second kappa shape index (κ2) is 55.7. The van der Waals surface area contributed by atoms with Crippen molar-refractivity contribution in [1.29, 1.82) is 0 Å². The zero-order chi connectivity index (χ0) is 48.6. The fourth-order valence-electron chi connectivity index (χ4n) is 8.24. The second-order valence-corrected chi connectivity index (χ2v) is 19.2. The van der Waals surface area contributed by atoms with Crippen LogP contribution in [0.5, 0.6) is 0 Å². The number of unbranched alkanes of at least 4 members (excludes halogenated alkanes) is 31. The molecule has 67 heavy (non-hydrogen) atoms. The Labute approximate surface area is 415 Å². The Morgan fingerprint density at radius 3 is 0.910 bits per heavy atom. The molecule has 0 N–H and O–H groups in total. The lowest BCUT2D eigenvalue weighted by atomic mass is 10.0. The lowest BCUT2D eigenvalue weighted by molar-refractivity contribution is -0.167. The van der Waals surface area contributed by atoms with E-state index in [2.05, 4.69) is 81.5 Å². The maximum absolute atomic E-state index is 12.8. The van der Waals surface area contributed by atoms with Gasteiger partial charge in [-0.05, 0) is 64.2 Å². The number of hydrogen-bond acceptors (Lipinski definition) is 6. The zero-order valence-corrected chi connectivity index (χ0v) is 44.4. The Morgan fingerprint density at radius 2 is 0.582 bits per heavy atom. The first-order chi connectivity index (χ1) is 33.0. The van der Waals surface area contributed by atoms with Crippen LogP contribution in [0.1, 0.15) is 290 Å². The molecule has 0 fully saturated rings. The van der Waals surface area contributed by atoms with Gasteiger partial charge in [0.25, 0.3) is 0 Å². The average molecular weight is 938 g/mol. The SMILES string of the molecule is CC/C=C\C/C=C\C/C=C\C/C=C\C/C=C\CCCCCC(=O)OC[C@H](COC(=O)CCCCCCCCCCCCCCCCCCC)OC(=O)CCCCCCCCCCCCCCC. The zero-order valence-electron chi connectivity index (χ0n) is 44.4. The summed E-state index contributed by atoms with van der Waals surface area (Å²) in [6, 6.07) is 0. The van der Waals surface area contributed by atoms with E-state index in [0.29, 0.717) is 19.3 Å². The van der Waals surface area contributed by atoms with Gasteiger partial charge in [-0.3, -0.25) is 14.4 Å². The fourth-order valence-corrected chi connectivity index (χ4v) is 8.24. The number of esters is 3. The molecule has 0 unspecified atom stereocenters. The van der Waals surface area contributed by atoms with Gasteiger partial charge in [-0.2, -0.15) is 0 Å². The van der Waals surface area contributed by atoms with Gasteiger partial charge in [0.2, 0.25) is 0 Å². The molecule has 6 heteroatoms. The molecule has 1 atom stereocenters. The van der Waals surface area contributed by atoms with E-state index < -0.39 is 6.10 Å². The topological polar surface area (TPSA) is 78.9 Å². The third kappa shape index (κ3) is 53.9. The Hall–Kier alpha value is -2.89. The van der Waals surface area contributed by atoms with Crippen molar-refractivity contribution in [2.75, 3.05) is 13.2 Å². The molecule has 0 aromatic heterocycles. The number of carbonyl (C=O) groups excluding carboxylic acids is 3. The van der Waals surface area contributed by atoms with Crippen LogP contribution in [-0.4, -0.2) is 37.2 Å². The minimum absolute atomic E-state index is 0.0807. The molecule has 0 aliphatic rings. The molecule has 0 aromatic rings. The van der Waals surface area contributed by atoms with Crippen molar-refractivity contribution in [1.82, 2.24) is 0 Å². The fraction of sp³-hybridized carbons (Fsp3) is 0.787. The van der Waals surface area contributed by atoms with Crippen LogP contribution in [0, 0.1) is 0 Å². The maximum atomic E-state index is 12.8. The summed E-state index contributed by atoms with van der Waals surface area (Å²) in [4.78, 5) is 38.1. The smallest absolute Gasteiger partial charge is 0.306 e. The molecule has 0 spiro atoms. The first-order valence-corrected chi connectivity index (χ1v) is 28.8. The lowest BCUT2D eigenvalue weighted by Gasteiger charge is -2.18. The van der Waals surface area contributed by atoms with Crippen LogP contribution in [0.4, 0.5) is 0 Å². The summed E-state index contributed by atoms with van der Waals surface area (Å²) >= 11 is 0. The quantitative estimate of drug-likeness (QED) is 0.0262. The third-order valence-electron chi connectivity index (χ3n) is 12.5. The predicted molar refractivity (Wildman–Crippen MR) is 288 cm³/mol. The standard InChI is InChI=1S/C61H108O6/c1-4-7-10-13-16-19-22-25-27-29-30-32-34-37-39-42-45-48-51-54-60(63)66-57-58(67-61(64)55-52-49-46-43-40-35-24-21-18-15-12-9-6-3)56-65-59(62)53-50-47-44-41-38-36-33-31-28-26-23-20-17-14-11-8-5-2/h7,10,16,19,25,27,30,32,37,39,58H,4-6,8-9,11-15,17-18,20-24,26,28-29,31,33-36,38,40-57H2,1-3H3/b10-7-,19-16-,27-25-,32-30-,39-37-/t58-/m0/s1. The van der Waals surface area contributed by atoms with Gasteiger partial charge in [-0.15, -0.1) is 0 Å². The molecule has 0 aliphatic carbocycles. The molecule has 0 rings (SSSR count). The second-order valence-electron chi connectivity index (χ2n) is 19.2.